The molecule has 0 atom stereocenters. The molecule has 2 aromatic carbocycles. The van der Waals surface area contributed by atoms with Gasteiger partial charge in [-0.15, -0.1) is 0 Å². The lowest BCUT2D eigenvalue weighted by Gasteiger charge is -2.11. The van der Waals surface area contributed by atoms with Crippen LogP contribution in [-0.4, -0.2) is 25.2 Å². The Labute approximate surface area is 168 Å². The SMILES string of the molecule is CCCCCCOc1ccc(NC(=O)CNc2ccc(OC(C)C)cc2)cc1. The molecule has 0 spiro atoms. The van der Waals surface area contributed by atoms with Crippen molar-refractivity contribution in [3.05, 3.63) is 48.5 Å². The number of carbonyl (C=O) groups excluding carboxylic acids is 1. The summed E-state index contributed by atoms with van der Waals surface area (Å²) in [5.41, 5.74) is 1.63. The summed E-state index contributed by atoms with van der Waals surface area (Å²) in [4.78, 5) is 12.1. The predicted molar refractivity (Wildman–Crippen MR) is 115 cm³/mol. The maximum Gasteiger partial charge on any atom is 0.243 e. The molecular weight excluding hydrogens is 352 g/mol. The van der Waals surface area contributed by atoms with Crippen molar-refractivity contribution in [1.29, 1.82) is 0 Å². The van der Waals surface area contributed by atoms with E-state index in [-0.39, 0.29) is 18.6 Å². The van der Waals surface area contributed by atoms with Crippen LogP contribution >= 0.6 is 0 Å². The number of unbranched alkanes of at least 4 members (excludes halogenated alkanes) is 3. The van der Waals surface area contributed by atoms with E-state index in [1.54, 1.807) is 0 Å². The molecule has 0 saturated heterocycles. The molecule has 0 unspecified atom stereocenters. The number of amides is 1. The van der Waals surface area contributed by atoms with E-state index >= 15 is 0 Å². The van der Waals surface area contributed by atoms with Gasteiger partial charge in [0.1, 0.15) is 11.5 Å². The normalized spacial score (nSPS) is 10.6. The number of ether oxygens (including phenoxy) is 2. The van der Waals surface area contributed by atoms with Crippen molar-refractivity contribution in [3.63, 3.8) is 0 Å². The van der Waals surface area contributed by atoms with Crippen LogP contribution in [0.3, 0.4) is 0 Å². The van der Waals surface area contributed by atoms with Crippen LogP contribution in [0.1, 0.15) is 46.5 Å². The quantitative estimate of drug-likeness (QED) is 0.476. The first-order valence-electron chi connectivity index (χ1n) is 10.1. The highest BCUT2D eigenvalue weighted by atomic mass is 16.5. The first-order valence-corrected chi connectivity index (χ1v) is 10.1. The lowest BCUT2D eigenvalue weighted by Crippen LogP contribution is -2.21. The number of nitrogens with one attached hydrogen (secondary N) is 2. The lowest BCUT2D eigenvalue weighted by atomic mass is 10.2. The Kier molecular flexibility index (Phi) is 9.19. The molecular formula is C23H32N2O3. The van der Waals surface area contributed by atoms with Crippen LogP contribution < -0.4 is 20.1 Å². The fraction of sp³-hybridized carbons (Fsp3) is 0.435. The smallest absolute Gasteiger partial charge is 0.243 e. The van der Waals surface area contributed by atoms with Crippen molar-refractivity contribution in [1.82, 2.24) is 0 Å². The minimum absolute atomic E-state index is 0.101. The summed E-state index contributed by atoms with van der Waals surface area (Å²) < 4.78 is 11.3. The van der Waals surface area contributed by atoms with E-state index in [0.29, 0.717) is 0 Å². The minimum Gasteiger partial charge on any atom is -0.494 e. The van der Waals surface area contributed by atoms with Gasteiger partial charge in [0.05, 0.1) is 19.3 Å². The molecule has 0 fully saturated rings. The minimum atomic E-state index is -0.101. The van der Waals surface area contributed by atoms with Crippen LogP contribution in [0.2, 0.25) is 0 Å². The van der Waals surface area contributed by atoms with E-state index in [1.165, 1.54) is 19.3 Å². The molecule has 1 amide bonds. The molecule has 0 aliphatic rings. The van der Waals surface area contributed by atoms with E-state index in [0.717, 1.165) is 35.9 Å². The Morgan fingerprint density at radius 2 is 1.54 bits per heavy atom. The number of hydrogen-bond acceptors (Lipinski definition) is 4. The van der Waals surface area contributed by atoms with Gasteiger partial charge in [0.2, 0.25) is 5.91 Å². The second-order valence-corrected chi connectivity index (χ2v) is 7.03. The number of anilines is 2. The molecule has 0 heterocycles. The molecule has 5 nitrogen and oxygen atoms in total. The summed E-state index contributed by atoms with van der Waals surface area (Å²) in [7, 11) is 0. The standard InChI is InChI=1S/C23H32N2O3/c1-4-5-6-7-16-27-21-12-10-20(11-13-21)25-23(26)17-24-19-8-14-22(15-9-19)28-18(2)3/h8-15,18,24H,4-7,16-17H2,1-3H3,(H,25,26). The molecule has 2 rings (SSSR count). The molecule has 0 saturated carbocycles. The monoisotopic (exact) mass is 384 g/mol. The zero-order valence-corrected chi connectivity index (χ0v) is 17.2. The highest BCUT2D eigenvalue weighted by molar-refractivity contribution is 5.93. The third kappa shape index (κ3) is 8.33. The van der Waals surface area contributed by atoms with E-state index in [2.05, 4.69) is 17.6 Å². The highest BCUT2D eigenvalue weighted by Gasteiger charge is 2.04. The molecule has 2 N–H and O–H groups in total. The Morgan fingerprint density at radius 3 is 2.18 bits per heavy atom. The molecule has 0 bridgehead atoms. The van der Waals surface area contributed by atoms with Crippen molar-refractivity contribution in [2.24, 2.45) is 0 Å². The van der Waals surface area contributed by atoms with Gasteiger partial charge < -0.3 is 20.1 Å². The Bertz CT molecular complexity index is 697. The van der Waals surface area contributed by atoms with Crippen molar-refractivity contribution in [2.45, 2.75) is 52.6 Å². The van der Waals surface area contributed by atoms with E-state index in [1.807, 2.05) is 62.4 Å². The largest absolute Gasteiger partial charge is 0.494 e. The van der Waals surface area contributed by atoms with Gasteiger partial charge in [-0.05, 0) is 68.8 Å². The van der Waals surface area contributed by atoms with E-state index in [4.69, 9.17) is 9.47 Å². The van der Waals surface area contributed by atoms with Gasteiger partial charge in [0.15, 0.2) is 0 Å². The topological polar surface area (TPSA) is 59.6 Å². The van der Waals surface area contributed by atoms with Gasteiger partial charge in [-0.25, -0.2) is 0 Å². The van der Waals surface area contributed by atoms with Crippen molar-refractivity contribution in [2.75, 3.05) is 23.8 Å². The maximum absolute atomic E-state index is 12.1. The molecule has 2 aromatic rings. The van der Waals surface area contributed by atoms with Crippen LogP contribution in [0.25, 0.3) is 0 Å². The Hall–Kier alpha value is -2.69. The average molecular weight is 385 g/mol. The van der Waals surface area contributed by atoms with Crippen LogP contribution in [0.5, 0.6) is 11.5 Å². The molecule has 0 aromatic heterocycles. The fourth-order valence-electron chi connectivity index (χ4n) is 2.66. The van der Waals surface area contributed by atoms with Crippen LogP contribution in [0, 0.1) is 0 Å². The summed E-state index contributed by atoms with van der Waals surface area (Å²) >= 11 is 0. The van der Waals surface area contributed by atoms with Gasteiger partial charge in [0, 0.05) is 11.4 Å². The van der Waals surface area contributed by atoms with Gasteiger partial charge in [0.25, 0.3) is 0 Å². The average Bonchev–Trinajstić information content (AvgIpc) is 2.68. The molecule has 5 heteroatoms. The van der Waals surface area contributed by atoms with E-state index < -0.39 is 0 Å². The number of carbonyl (C=O) groups is 1. The number of hydrogen-bond donors (Lipinski definition) is 2. The number of benzene rings is 2. The van der Waals surface area contributed by atoms with Gasteiger partial charge in [-0.1, -0.05) is 26.2 Å². The lowest BCUT2D eigenvalue weighted by molar-refractivity contribution is -0.114. The molecule has 0 aliphatic carbocycles. The van der Waals surface area contributed by atoms with E-state index in [9.17, 15) is 4.79 Å². The first-order chi connectivity index (χ1) is 13.6. The van der Waals surface area contributed by atoms with Crippen molar-refractivity contribution < 1.29 is 14.3 Å². The summed E-state index contributed by atoms with van der Waals surface area (Å²) in [6.07, 6.45) is 4.88. The second-order valence-electron chi connectivity index (χ2n) is 7.03. The summed E-state index contributed by atoms with van der Waals surface area (Å²) in [6, 6.07) is 15.1. The van der Waals surface area contributed by atoms with Crippen LogP contribution in [0.4, 0.5) is 11.4 Å². The molecule has 0 radical (unpaired) electrons. The first kappa shape index (κ1) is 21.6. The summed E-state index contributed by atoms with van der Waals surface area (Å²) in [5.74, 6) is 1.55. The van der Waals surface area contributed by atoms with Crippen molar-refractivity contribution in [3.8, 4) is 11.5 Å². The third-order valence-electron chi connectivity index (χ3n) is 4.08. The summed E-state index contributed by atoms with van der Waals surface area (Å²) in [6.45, 7) is 7.10. The maximum atomic E-state index is 12.1. The van der Waals surface area contributed by atoms with Crippen molar-refractivity contribution >= 4 is 17.3 Å². The number of rotatable bonds is 12. The Morgan fingerprint density at radius 1 is 0.893 bits per heavy atom. The Balaban J connectivity index is 1.70. The van der Waals surface area contributed by atoms with Gasteiger partial charge in [-0.3, -0.25) is 4.79 Å². The fourth-order valence-corrected chi connectivity index (χ4v) is 2.66. The molecule has 28 heavy (non-hydrogen) atoms. The second kappa shape index (κ2) is 11.9. The van der Waals surface area contributed by atoms with Crippen LogP contribution in [0.15, 0.2) is 48.5 Å². The zero-order chi connectivity index (χ0) is 20.2. The zero-order valence-electron chi connectivity index (χ0n) is 17.2. The molecule has 0 aliphatic heterocycles. The van der Waals surface area contributed by atoms with Crippen LogP contribution in [-0.2, 0) is 4.79 Å². The highest BCUT2D eigenvalue weighted by Crippen LogP contribution is 2.18. The van der Waals surface area contributed by atoms with Gasteiger partial charge in [-0.2, -0.15) is 0 Å². The predicted octanol–water partition coefficient (Wildman–Crippen LogP) is 5.48. The molecule has 152 valence electrons. The third-order valence-corrected chi connectivity index (χ3v) is 4.08. The van der Waals surface area contributed by atoms with Gasteiger partial charge >= 0.3 is 0 Å². The summed E-state index contributed by atoms with van der Waals surface area (Å²) in [5, 5.41) is 5.99.